The smallest absolute Gasteiger partial charge is 0.161 e. The molecule has 0 aromatic carbocycles. The molecule has 0 bridgehead atoms. The summed E-state index contributed by atoms with van der Waals surface area (Å²) in [5, 5.41) is 0. The minimum atomic E-state index is -0.247. The Bertz CT molecular complexity index is 77.9. The average Bonchev–Trinajstić information content (AvgIpc) is 2.10. The minimum Gasteiger partial charge on any atom is -0.423 e. The molecular formula is C6H18O2S2Si2. The van der Waals surface area contributed by atoms with Gasteiger partial charge in [0.1, 0.15) is 0 Å². The predicted molar refractivity (Wildman–Crippen MR) is 66.3 cm³/mol. The molecule has 0 aromatic rings. The first-order valence-electron chi connectivity index (χ1n) is 4.29. The molecule has 0 aliphatic carbocycles. The minimum absolute atomic E-state index is 0.247. The van der Waals surface area contributed by atoms with Gasteiger partial charge in [0.2, 0.25) is 0 Å². The highest BCUT2D eigenvalue weighted by molar-refractivity contribution is 7.80. The third-order valence-electron chi connectivity index (χ3n) is 1.30. The molecule has 0 heterocycles. The molecule has 0 aliphatic rings. The molecule has 0 N–H and O–H groups in total. The van der Waals surface area contributed by atoms with Crippen LogP contribution in [-0.2, 0) is 8.85 Å². The van der Waals surface area contributed by atoms with E-state index in [1.165, 1.54) is 12.1 Å². The lowest BCUT2D eigenvalue weighted by Crippen LogP contribution is -2.05. The van der Waals surface area contributed by atoms with Crippen LogP contribution in [0, 0.1) is 0 Å². The summed E-state index contributed by atoms with van der Waals surface area (Å²) in [4.78, 5) is 0. The van der Waals surface area contributed by atoms with E-state index in [9.17, 15) is 0 Å². The topological polar surface area (TPSA) is 18.5 Å². The molecule has 6 heteroatoms. The molecule has 0 radical (unpaired) electrons. The van der Waals surface area contributed by atoms with Gasteiger partial charge in [0.25, 0.3) is 0 Å². The first kappa shape index (κ1) is 13.1. The van der Waals surface area contributed by atoms with E-state index >= 15 is 0 Å². The lowest BCUT2D eigenvalue weighted by Gasteiger charge is -2.01. The van der Waals surface area contributed by atoms with Gasteiger partial charge in [-0.15, -0.1) is 0 Å². The van der Waals surface area contributed by atoms with E-state index in [1.807, 2.05) is 0 Å². The highest BCUT2D eigenvalue weighted by Crippen LogP contribution is 1.91. The summed E-state index contributed by atoms with van der Waals surface area (Å²) in [6.45, 7) is 1.66. The Morgan fingerprint density at radius 2 is 1.25 bits per heavy atom. The Morgan fingerprint density at radius 1 is 0.833 bits per heavy atom. The van der Waals surface area contributed by atoms with Crippen molar-refractivity contribution < 1.29 is 8.85 Å². The SMILES string of the molecule is SCCO[SiH2]CC[SiH2]OCCS. The monoisotopic (exact) mass is 242 g/mol. The van der Waals surface area contributed by atoms with Gasteiger partial charge in [-0.25, -0.2) is 0 Å². The molecule has 0 fully saturated rings. The van der Waals surface area contributed by atoms with Gasteiger partial charge < -0.3 is 8.85 Å². The fraction of sp³-hybridized carbons (Fsp3) is 1.00. The Balaban J connectivity index is 2.73. The molecule has 0 rings (SSSR count). The normalized spacial score (nSPS) is 12.5. The van der Waals surface area contributed by atoms with Crippen LogP contribution in [0.1, 0.15) is 0 Å². The quantitative estimate of drug-likeness (QED) is 0.334. The van der Waals surface area contributed by atoms with Gasteiger partial charge in [0.05, 0.1) is 0 Å². The first-order chi connectivity index (χ1) is 5.91. The number of hydrogen-bond acceptors (Lipinski definition) is 4. The fourth-order valence-electron chi connectivity index (χ4n) is 0.741. The van der Waals surface area contributed by atoms with E-state index < -0.39 is 0 Å². The van der Waals surface area contributed by atoms with Crippen LogP contribution in [0.25, 0.3) is 0 Å². The lowest BCUT2D eigenvalue weighted by molar-refractivity contribution is 0.358. The largest absolute Gasteiger partial charge is 0.423 e. The maximum Gasteiger partial charge on any atom is 0.161 e. The van der Waals surface area contributed by atoms with Crippen LogP contribution in [0.15, 0.2) is 0 Å². The van der Waals surface area contributed by atoms with Crippen molar-refractivity contribution in [1.82, 2.24) is 0 Å². The Hall–Kier alpha value is 1.05. The van der Waals surface area contributed by atoms with Gasteiger partial charge in [-0.1, -0.05) is 0 Å². The molecule has 0 saturated heterocycles. The van der Waals surface area contributed by atoms with Crippen LogP contribution in [0.5, 0.6) is 0 Å². The van der Waals surface area contributed by atoms with Gasteiger partial charge in [-0.3, -0.25) is 0 Å². The molecule has 0 aliphatic heterocycles. The zero-order valence-corrected chi connectivity index (χ0v) is 12.0. The van der Waals surface area contributed by atoms with Crippen LogP contribution in [-0.4, -0.2) is 44.2 Å². The van der Waals surface area contributed by atoms with Crippen LogP contribution in [0.2, 0.25) is 12.1 Å². The Morgan fingerprint density at radius 3 is 1.58 bits per heavy atom. The van der Waals surface area contributed by atoms with Crippen molar-refractivity contribution in [2.45, 2.75) is 12.1 Å². The summed E-state index contributed by atoms with van der Waals surface area (Å²) in [6.07, 6.45) is 0. The second-order valence-electron chi connectivity index (χ2n) is 2.38. The predicted octanol–water partition coefficient (Wildman–Crippen LogP) is -0.117. The highest BCUT2D eigenvalue weighted by atomic mass is 32.1. The molecule has 0 amide bonds. The molecule has 0 unspecified atom stereocenters. The van der Waals surface area contributed by atoms with E-state index in [0.717, 1.165) is 24.7 Å². The van der Waals surface area contributed by atoms with E-state index in [4.69, 9.17) is 8.85 Å². The van der Waals surface area contributed by atoms with E-state index in [1.54, 1.807) is 0 Å². The van der Waals surface area contributed by atoms with Gasteiger partial charge in [-0.2, -0.15) is 25.3 Å². The zero-order chi connectivity index (χ0) is 9.07. The second kappa shape index (κ2) is 12.1. The molecule has 12 heavy (non-hydrogen) atoms. The third kappa shape index (κ3) is 11.1. The first-order valence-corrected chi connectivity index (χ1v) is 8.71. The standard InChI is InChI=1S/C6H18O2S2Si2/c9-3-1-7-11-5-6-12-8-2-4-10/h9-10H,1-6,11-12H2. The van der Waals surface area contributed by atoms with Crippen LogP contribution in [0.4, 0.5) is 0 Å². The zero-order valence-electron chi connectivity index (χ0n) is 7.37. The van der Waals surface area contributed by atoms with E-state index in [-0.39, 0.29) is 19.5 Å². The molecule has 2 nitrogen and oxygen atoms in total. The van der Waals surface area contributed by atoms with Gasteiger partial charge in [0, 0.05) is 24.7 Å². The molecule has 0 aromatic heterocycles. The van der Waals surface area contributed by atoms with E-state index in [2.05, 4.69) is 25.3 Å². The third-order valence-corrected chi connectivity index (χ3v) is 5.40. The fourth-order valence-corrected chi connectivity index (χ4v) is 4.22. The van der Waals surface area contributed by atoms with Crippen LogP contribution in [0.3, 0.4) is 0 Å². The van der Waals surface area contributed by atoms with Gasteiger partial charge >= 0.3 is 0 Å². The maximum atomic E-state index is 5.40. The lowest BCUT2D eigenvalue weighted by atomic mass is 10.9. The van der Waals surface area contributed by atoms with Crippen molar-refractivity contribution in [2.24, 2.45) is 0 Å². The Kier molecular flexibility index (Phi) is 13.1. The summed E-state index contributed by atoms with van der Waals surface area (Å²) in [7, 11) is -0.494. The maximum absolute atomic E-state index is 5.40. The summed E-state index contributed by atoms with van der Waals surface area (Å²) < 4.78 is 10.8. The molecule has 0 spiro atoms. The second-order valence-corrected chi connectivity index (χ2v) is 6.32. The van der Waals surface area contributed by atoms with Gasteiger partial charge in [0.15, 0.2) is 19.5 Å². The van der Waals surface area contributed by atoms with Crippen molar-refractivity contribution in [1.29, 1.82) is 0 Å². The van der Waals surface area contributed by atoms with Crippen molar-refractivity contribution in [2.75, 3.05) is 24.7 Å². The molecule has 0 saturated carbocycles. The Labute approximate surface area is 90.5 Å². The van der Waals surface area contributed by atoms with Crippen LogP contribution >= 0.6 is 25.3 Å². The van der Waals surface area contributed by atoms with Crippen LogP contribution < -0.4 is 0 Å². The summed E-state index contributed by atoms with van der Waals surface area (Å²) in [6, 6.07) is 2.54. The molecule has 74 valence electrons. The summed E-state index contributed by atoms with van der Waals surface area (Å²) in [5.41, 5.74) is 0. The summed E-state index contributed by atoms with van der Waals surface area (Å²) >= 11 is 8.13. The summed E-state index contributed by atoms with van der Waals surface area (Å²) in [5.74, 6) is 1.70. The van der Waals surface area contributed by atoms with Crippen molar-refractivity contribution in [3.63, 3.8) is 0 Å². The van der Waals surface area contributed by atoms with Gasteiger partial charge in [-0.05, 0) is 12.1 Å². The molecular weight excluding hydrogens is 224 g/mol. The number of hydrogen-bond donors (Lipinski definition) is 2. The van der Waals surface area contributed by atoms with Crippen molar-refractivity contribution in [3.05, 3.63) is 0 Å². The van der Waals surface area contributed by atoms with E-state index in [0.29, 0.717) is 0 Å². The highest BCUT2D eigenvalue weighted by Gasteiger charge is 1.91. The van der Waals surface area contributed by atoms with Crippen molar-refractivity contribution in [3.8, 4) is 0 Å². The molecule has 0 atom stereocenters. The average molecular weight is 243 g/mol. The van der Waals surface area contributed by atoms with Crippen molar-refractivity contribution >= 4 is 44.8 Å². The number of rotatable bonds is 9. The number of thiol groups is 2.